The number of esters is 1. The predicted octanol–water partition coefficient (Wildman–Crippen LogP) is 0.241. The van der Waals surface area contributed by atoms with Crippen LogP contribution in [0.5, 0.6) is 0 Å². The first kappa shape index (κ1) is 14.2. The van der Waals surface area contributed by atoms with Gasteiger partial charge in [0, 0.05) is 6.54 Å². The van der Waals surface area contributed by atoms with E-state index < -0.39 is 24.7 Å². The SMILES string of the molecule is CNC(CN(C)CC(F)(F)F)C(=O)OC. The lowest BCUT2D eigenvalue weighted by Crippen LogP contribution is -2.46. The van der Waals surface area contributed by atoms with Gasteiger partial charge in [-0.15, -0.1) is 0 Å². The number of likely N-dealkylation sites (N-methyl/N-ethyl adjacent to an activating group) is 2. The van der Waals surface area contributed by atoms with Crippen LogP contribution < -0.4 is 5.32 Å². The van der Waals surface area contributed by atoms with Gasteiger partial charge in [-0.2, -0.15) is 13.2 Å². The van der Waals surface area contributed by atoms with E-state index in [2.05, 4.69) is 10.1 Å². The monoisotopic (exact) mass is 228 g/mol. The molecule has 0 aliphatic rings. The van der Waals surface area contributed by atoms with Gasteiger partial charge in [0.15, 0.2) is 0 Å². The van der Waals surface area contributed by atoms with Crippen LogP contribution in [0.2, 0.25) is 0 Å². The summed E-state index contributed by atoms with van der Waals surface area (Å²) in [7, 11) is 3.97. The van der Waals surface area contributed by atoms with Crippen molar-refractivity contribution in [2.75, 3.05) is 34.3 Å². The molecule has 0 aliphatic carbocycles. The average molecular weight is 228 g/mol. The molecule has 0 aromatic carbocycles. The zero-order valence-electron chi connectivity index (χ0n) is 8.89. The van der Waals surface area contributed by atoms with Gasteiger partial charge >= 0.3 is 12.1 Å². The van der Waals surface area contributed by atoms with E-state index in [0.29, 0.717) is 0 Å². The number of nitrogens with zero attached hydrogens (tertiary/aromatic N) is 1. The van der Waals surface area contributed by atoms with Crippen molar-refractivity contribution in [1.82, 2.24) is 10.2 Å². The van der Waals surface area contributed by atoms with E-state index in [1.165, 1.54) is 21.2 Å². The van der Waals surface area contributed by atoms with Crippen LogP contribution >= 0.6 is 0 Å². The van der Waals surface area contributed by atoms with Crippen LogP contribution in [0.1, 0.15) is 0 Å². The summed E-state index contributed by atoms with van der Waals surface area (Å²) >= 11 is 0. The maximum absolute atomic E-state index is 12.0. The maximum Gasteiger partial charge on any atom is 0.401 e. The van der Waals surface area contributed by atoms with E-state index in [0.717, 1.165) is 4.90 Å². The summed E-state index contributed by atoms with van der Waals surface area (Å²) in [4.78, 5) is 12.1. The number of carbonyl (C=O) groups excluding carboxylic acids is 1. The van der Waals surface area contributed by atoms with Gasteiger partial charge in [-0.05, 0) is 14.1 Å². The standard InChI is InChI=1S/C8H15F3N2O2/c1-12-6(7(14)15-3)4-13(2)5-8(9,10)11/h6,12H,4-5H2,1-3H3. The van der Waals surface area contributed by atoms with E-state index in [1.807, 2.05) is 0 Å². The van der Waals surface area contributed by atoms with Crippen LogP contribution in [0, 0.1) is 0 Å². The first-order valence-corrected chi connectivity index (χ1v) is 4.30. The highest BCUT2D eigenvalue weighted by Gasteiger charge is 2.30. The molecule has 15 heavy (non-hydrogen) atoms. The smallest absolute Gasteiger partial charge is 0.401 e. The third-order valence-electron chi connectivity index (χ3n) is 1.78. The summed E-state index contributed by atoms with van der Waals surface area (Å²) < 4.78 is 40.3. The van der Waals surface area contributed by atoms with Crippen molar-refractivity contribution in [2.45, 2.75) is 12.2 Å². The Kier molecular flexibility index (Phi) is 5.59. The second-order valence-electron chi connectivity index (χ2n) is 3.18. The fraction of sp³-hybridized carbons (Fsp3) is 0.875. The molecule has 4 nitrogen and oxygen atoms in total. The maximum atomic E-state index is 12.0. The number of halogens is 3. The molecular weight excluding hydrogens is 213 g/mol. The Morgan fingerprint density at radius 2 is 2.07 bits per heavy atom. The van der Waals surface area contributed by atoms with Crippen LogP contribution in [0.25, 0.3) is 0 Å². The summed E-state index contributed by atoms with van der Waals surface area (Å²) in [5.74, 6) is -0.577. The molecule has 0 aromatic rings. The first-order valence-electron chi connectivity index (χ1n) is 4.30. The number of ether oxygens (including phenoxy) is 1. The Hall–Kier alpha value is -0.820. The number of alkyl halides is 3. The molecule has 0 saturated heterocycles. The molecule has 0 aliphatic heterocycles. The molecule has 0 heterocycles. The Morgan fingerprint density at radius 1 is 1.53 bits per heavy atom. The minimum atomic E-state index is -4.26. The Balaban J connectivity index is 4.13. The molecule has 1 atom stereocenters. The van der Waals surface area contributed by atoms with E-state index >= 15 is 0 Å². The summed E-state index contributed by atoms with van der Waals surface area (Å²) in [6, 6.07) is -0.748. The fourth-order valence-electron chi connectivity index (χ4n) is 1.11. The molecular formula is C8H15F3N2O2. The van der Waals surface area contributed by atoms with Crippen LogP contribution in [0.4, 0.5) is 13.2 Å². The highest BCUT2D eigenvalue weighted by molar-refractivity contribution is 5.75. The Labute approximate surface area is 86.4 Å². The van der Waals surface area contributed by atoms with E-state index in [4.69, 9.17) is 0 Å². The Morgan fingerprint density at radius 3 is 2.40 bits per heavy atom. The number of hydrogen-bond acceptors (Lipinski definition) is 4. The van der Waals surface area contributed by atoms with Crippen LogP contribution in [0.3, 0.4) is 0 Å². The molecule has 0 fully saturated rings. The van der Waals surface area contributed by atoms with Gasteiger partial charge in [-0.25, -0.2) is 0 Å². The molecule has 0 rings (SSSR count). The van der Waals surface area contributed by atoms with Gasteiger partial charge < -0.3 is 10.1 Å². The zero-order chi connectivity index (χ0) is 12.1. The van der Waals surface area contributed by atoms with Crippen molar-refractivity contribution in [1.29, 1.82) is 0 Å². The molecule has 0 amide bonds. The van der Waals surface area contributed by atoms with E-state index in [-0.39, 0.29) is 6.54 Å². The van der Waals surface area contributed by atoms with E-state index in [1.54, 1.807) is 0 Å². The summed E-state index contributed by atoms with van der Waals surface area (Å²) in [5.41, 5.74) is 0. The zero-order valence-corrected chi connectivity index (χ0v) is 8.89. The predicted molar refractivity (Wildman–Crippen MR) is 48.4 cm³/mol. The number of nitrogens with one attached hydrogen (secondary N) is 1. The van der Waals surface area contributed by atoms with Crippen molar-refractivity contribution < 1.29 is 22.7 Å². The normalized spacial score (nSPS) is 14.1. The molecule has 0 radical (unpaired) electrons. The average Bonchev–Trinajstić information content (AvgIpc) is 2.10. The third-order valence-corrected chi connectivity index (χ3v) is 1.78. The lowest BCUT2D eigenvalue weighted by Gasteiger charge is -2.22. The van der Waals surface area contributed by atoms with Gasteiger partial charge in [0.2, 0.25) is 0 Å². The second-order valence-corrected chi connectivity index (χ2v) is 3.18. The third kappa shape index (κ3) is 6.29. The van der Waals surface area contributed by atoms with Crippen molar-refractivity contribution >= 4 is 5.97 Å². The van der Waals surface area contributed by atoms with Crippen molar-refractivity contribution in [2.24, 2.45) is 0 Å². The Bertz CT molecular complexity index is 209. The molecule has 0 bridgehead atoms. The van der Waals surface area contributed by atoms with Crippen molar-refractivity contribution in [3.8, 4) is 0 Å². The lowest BCUT2D eigenvalue weighted by molar-refractivity contribution is -0.150. The molecule has 0 aromatic heterocycles. The number of hydrogen-bond donors (Lipinski definition) is 1. The van der Waals surface area contributed by atoms with Crippen LogP contribution in [-0.4, -0.2) is 57.4 Å². The summed E-state index contributed by atoms with van der Waals surface area (Å²) in [5, 5.41) is 2.59. The summed E-state index contributed by atoms with van der Waals surface area (Å²) in [6.45, 7) is -1.11. The topological polar surface area (TPSA) is 41.6 Å². The minimum absolute atomic E-state index is 0.0529. The largest absolute Gasteiger partial charge is 0.468 e. The van der Waals surface area contributed by atoms with Crippen LogP contribution in [0.15, 0.2) is 0 Å². The van der Waals surface area contributed by atoms with E-state index in [9.17, 15) is 18.0 Å². The molecule has 1 N–H and O–H groups in total. The highest BCUT2D eigenvalue weighted by Crippen LogP contribution is 2.15. The summed E-state index contributed by atoms with van der Waals surface area (Å²) in [6.07, 6.45) is -4.26. The highest BCUT2D eigenvalue weighted by atomic mass is 19.4. The van der Waals surface area contributed by atoms with Gasteiger partial charge in [-0.1, -0.05) is 0 Å². The van der Waals surface area contributed by atoms with Crippen LogP contribution in [-0.2, 0) is 9.53 Å². The molecule has 90 valence electrons. The number of methoxy groups -OCH3 is 1. The van der Waals surface area contributed by atoms with Gasteiger partial charge in [0.05, 0.1) is 13.7 Å². The lowest BCUT2D eigenvalue weighted by atomic mass is 10.3. The van der Waals surface area contributed by atoms with Gasteiger partial charge in [0.25, 0.3) is 0 Å². The van der Waals surface area contributed by atoms with Crippen molar-refractivity contribution in [3.63, 3.8) is 0 Å². The fourth-order valence-corrected chi connectivity index (χ4v) is 1.11. The molecule has 0 spiro atoms. The van der Waals surface area contributed by atoms with Gasteiger partial charge in [0.1, 0.15) is 6.04 Å². The molecule has 1 unspecified atom stereocenters. The number of rotatable bonds is 5. The quantitative estimate of drug-likeness (QED) is 0.684. The molecule has 7 heteroatoms. The second kappa shape index (κ2) is 5.92. The molecule has 0 saturated carbocycles. The first-order chi connectivity index (χ1) is 6.80. The minimum Gasteiger partial charge on any atom is -0.468 e. The van der Waals surface area contributed by atoms with Gasteiger partial charge in [-0.3, -0.25) is 9.69 Å². The van der Waals surface area contributed by atoms with Crippen molar-refractivity contribution in [3.05, 3.63) is 0 Å². The number of carbonyl (C=O) groups is 1.